The minimum absolute atomic E-state index is 0.156. The van der Waals surface area contributed by atoms with Crippen molar-refractivity contribution in [3.63, 3.8) is 0 Å². The molecule has 6 heteroatoms. The second-order valence-corrected chi connectivity index (χ2v) is 10.1. The molecule has 0 aromatic heterocycles. The zero-order chi connectivity index (χ0) is 24.5. The number of nitrogens with one attached hydrogen (secondary N) is 1. The minimum Gasteiger partial charge on any atom is -0.347 e. The second-order valence-electron chi connectivity index (χ2n) is 10.1. The smallest absolute Gasteiger partial charge is 0.332 e. The van der Waals surface area contributed by atoms with E-state index in [4.69, 9.17) is 0 Å². The van der Waals surface area contributed by atoms with E-state index < -0.39 is 11.6 Å². The van der Waals surface area contributed by atoms with E-state index in [1.54, 1.807) is 4.90 Å². The van der Waals surface area contributed by atoms with Crippen LogP contribution in [-0.4, -0.2) is 34.8 Å². The third-order valence-electron chi connectivity index (χ3n) is 7.27. The minimum atomic E-state index is -0.891. The average Bonchev–Trinajstić information content (AvgIpc) is 3.00. The second kappa shape index (κ2) is 9.61. The summed E-state index contributed by atoms with van der Waals surface area (Å²) in [5.74, 6) is -0.408. The summed E-state index contributed by atoms with van der Waals surface area (Å²) in [5.41, 5.74) is 3.06. The lowest BCUT2D eigenvalue weighted by Crippen LogP contribution is -2.51. The molecule has 1 atom stereocenters. The molecular formula is C28H35N3O3. The molecule has 1 aliphatic heterocycles. The summed E-state index contributed by atoms with van der Waals surface area (Å²) in [6.45, 7) is 7.86. The largest absolute Gasteiger partial charge is 0.347 e. The van der Waals surface area contributed by atoms with Crippen LogP contribution in [0.15, 0.2) is 48.5 Å². The van der Waals surface area contributed by atoms with Gasteiger partial charge in [-0.15, -0.1) is 0 Å². The standard InChI is InChI=1S/C28H35N3O3/c1-19(2)25(23-11-7-6-10-21(23)4)29-24(32)18-30-26(33)28(16-8-5-9-17-28)31(27(30)34)22-14-12-20(3)13-15-22/h6-7,10-15,19,25H,5,8-9,16-18H2,1-4H3,(H,29,32). The van der Waals surface area contributed by atoms with Crippen LogP contribution in [0.4, 0.5) is 10.5 Å². The molecule has 4 amide bonds. The summed E-state index contributed by atoms with van der Waals surface area (Å²) in [5, 5.41) is 3.09. The Hall–Kier alpha value is -3.15. The predicted molar refractivity (Wildman–Crippen MR) is 133 cm³/mol. The molecule has 4 rings (SSSR count). The van der Waals surface area contributed by atoms with Crippen LogP contribution in [0, 0.1) is 19.8 Å². The van der Waals surface area contributed by atoms with Crippen molar-refractivity contribution in [3.8, 4) is 0 Å². The predicted octanol–water partition coefficient (Wildman–Crippen LogP) is 5.29. The maximum Gasteiger partial charge on any atom is 0.332 e. The quantitative estimate of drug-likeness (QED) is 0.595. The number of imide groups is 1. The Bertz CT molecular complexity index is 1070. The van der Waals surface area contributed by atoms with Crippen molar-refractivity contribution in [2.24, 2.45) is 5.92 Å². The van der Waals surface area contributed by atoms with Crippen LogP contribution in [0.5, 0.6) is 0 Å². The van der Waals surface area contributed by atoms with Crippen LogP contribution in [0.2, 0.25) is 0 Å². The molecule has 2 aromatic carbocycles. The summed E-state index contributed by atoms with van der Waals surface area (Å²) in [6, 6.07) is 15.1. The summed E-state index contributed by atoms with van der Waals surface area (Å²) in [6.07, 6.45) is 4.09. The lowest BCUT2D eigenvalue weighted by atomic mass is 9.80. The van der Waals surface area contributed by atoms with E-state index in [1.165, 1.54) is 0 Å². The Labute approximate surface area is 202 Å². The number of amides is 4. The first-order chi connectivity index (χ1) is 16.2. The normalized spacial score (nSPS) is 18.6. The fraction of sp³-hybridized carbons (Fsp3) is 0.464. The van der Waals surface area contributed by atoms with Gasteiger partial charge in [-0.05, 0) is 55.9 Å². The molecule has 2 fully saturated rings. The fourth-order valence-electron chi connectivity index (χ4n) is 5.40. The maximum atomic E-state index is 13.7. The fourth-order valence-corrected chi connectivity index (χ4v) is 5.40. The number of hydrogen-bond acceptors (Lipinski definition) is 3. The molecule has 1 saturated carbocycles. The van der Waals surface area contributed by atoms with Gasteiger partial charge in [0.2, 0.25) is 5.91 Å². The first-order valence-corrected chi connectivity index (χ1v) is 12.3. The topological polar surface area (TPSA) is 69.7 Å². The Morgan fingerprint density at radius 2 is 1.62 bits per heavy atom. The third-order valence-corrected chi connectivity index (χ3v) is 7.27. The van der Waals surface area contributed by atoms with Crippen LogP contribution >= 0.6 is 0 Å². The van der Waals surface area contributed by atoms with E-state index in [9.17, 15) is 14.4 Å². The molecule has 34 heavy (non-hydrogen) atoms. The van der Waals surface area contributed by atoms with Gasteiger partial charge < -0.3 is 5.32 Å². The highest BCUT2D eigenvalue weighted by Gasteiger charge is 2.58. The van der Waals surface area contributed by atoms with E-state index in [2.05, 4.69) is 19.2 Å². The first kappa shape index (κ1) is 24.0. The Morgan fingerprint density at radius 3 is 2.24 bits per heavy atom. The molecule has 180 valence electrons. The van der Waals surface area contributed by atoms with Crippen LogP contribution in [-0.2, 0) is 9.59 Å². The number of urea groups is 1. The van der Waals surface area contributed by atoms with Gasteiger partial charge in [-0.25, -0.2) is 4.79 Å². The van der Waals surface area contributed by atoms with Gasteiger partial charge in [-0.1, -0.05) is 75.1 Å². The van der Waals surface area contributed by atoms with Crippen molar-refractivity contribution >= 4 is 23.5 Å². The van der Waals surface area contributed by atoms with Gasteiger partial charge >= 0.3 is 6.03 Å². The SMILES string of the molecule is Cc1ccc(N2C(=O)N(CC(=O)NC(c3ccccc3C)C(C)C)C(=O)C23CCCCC3)cc1. The van der Waals surface area contributed by atoms with Crippen LogP contribution < -0.4 is 10.2 Å². The molecule has 1 heterocycles. The van der Waals surface area contributed by atoms with Crippen LogP contribution in [0.1, 0.15) is 68.7 Å². The Morgan fingerprint density at radius 1 is 0.971 bits per heavy atom. The van der Waals surface area contributed by atoms with Crippen molar-refractivity contribution in [2.75, 3.05) is 11.4 Å². The number of hydrogen-bond donors (Lipinski definition) is 1. The lowest BCUT2D eigenvalue weighted by molar-refractivity contribution is -0.135. The molecule has 0 radical (unpaired) electrons. The summed E-state index contributed by atoms with van der Waals surface area (Å²) >= 11 is 0. The van der Waals surface area contributed by atoms with Gasteiger partial charge in [-0.2, -0.15) is 0 Å². The zero-order valence-corrected chi connectivity index (χ0v) is 20.6. The average molecular weight is 462 g/mol. The summed E-state index contributed by atoms with van der Waals surface area (Å²) < 4.78 is 0. The molecule has 1 saturated heterocycles. The van der Waals surface area contributed by atoms with Crippen molar-refractivity contribution in [3.05, 3.63) is 65.2 Å². The van der Waals surface area contributed by atoms with Crippen LogP contribution in [0.3, 0.4) is 0 Å². The summed E-state index contributed by atoms with van der Waals surface area (Å²) in [4.78, 5) is 43.3. The maximum absolute atomic E-state index is 13.7. The number of carbonyl (C=O) groups excluding carboxylic acids is 3. The molecule has 2 aliphatic rings. The molecule has 6 nitrogen and oxygen atoms in total. The third kappa shape index (κ3) is 4.33. The molecule has 1 unspecified atom stereocenters. The highest BCUT2D eigenvalue weighted by Crippen LogP contribution is 2.43. The van der Waals surface area contributed by atoms with Gasteiger partial charge in [0.05, 0.1) is 6.04 Å². The number of carbonyl (C=O) groups is 3. The van der Waals surface area contributed by atoms with Gasteiger partial charge in [-0.3, -0.25) is 19.4 Å². The van der Waals surface area contributed by atoms with E-state index in [1.807, 2.05) is 62.4 Å². The molecule has 1 spiro atoms. The van der Waals surface area contributed by atoms with Crippen molar-refractivity contribution in [1.29, 1.82) is 0 Å². The number of anilines is 1. The Kier molecular flexibility index (Phi) is 6.78. The van der Waals surface area contributed by atoms with Crippen molar-refractivity contribution in [2.45, 2.75) is 71.4 Å². The van der Waals surface area contributed by atoms with Gasteiger partial charge in [0.25, 0.3) is 5.91 Å². The number of nitrogens with zero attached hydrogens (tertiary/aromatic N) is 2. The molecular weight excluding hydrogens is 426 g/mol. The lowest BCUT2D eigenvalue weighted by Gasteiger charge is -2.38. The molecule has 1 N–H and O–H groups in total. The number of aryl methyl sites for hydroxylation is 2. The van der Waals surface area contributed by atoms with E-state index in [0.717, 1.165) is 40.9 Å². The van der Waals surface area contributed by atoms with Crippen LogP contribution in [0.25, 0.3) is 0 Å². The highest BCUT2D eigenvalue weighted by atomic mass is 16.2. The monoisotopic (exact) mass is 461 g/mol. The number of benzene rings is 2. The van der Waals surface area contributed by atoms with Crippen molar-refractivity contribution in [1.82, 2.24) is 10.2 Å². The van der Waals surface area contributed by atoms with Crippen molar-refractivity contribution < 1.29 is 14.4 Å². The van der Waals surface area contributed by atoms with Gasteiger partial charge in [0, 0.05) is 5.69 Å². The Balaban J connectivity index is 1.59. The van der Waals surface area contributed by atoms with Gasteiger partial charge in [0.15, 0.2) is 0 Å². The first-order valence-electron chi connectivity index (χ1n) is 12.3. The van der Waals surface area contributed by atoms with E-state index in [-0.39, 0.29) is 30.3 Å². The number of rotatable bonds is 6. The molecule has 1 aliphatic carbocycles. The molecule has 0 bridgehead atoms. The molecule has 2 aromatic rings. The van der Waals surface area contributed by atoms with E-state index >= 15 is 0 Å². The summed E-state index contributed by atoms with van der Waals surface area (Å²) in [7, 11) is 0. The highest BCUT2D eigenvalue weighted by molar-refractivity contribution is 6.18. The van der Waals surface area contributed by atoms with E-state index in [0.29, 0.717) is 18.5 Å². The van der Waals surface area contributed by atoms with Gasteiger partial charge in [0.1, 0.15) is 12.1 Å². The zero-order valence-electron chi connectivity index (χ0n) is 20.6.